The number of carbonyl (C=O) groups excluding carboxylic acids is 1. The van der Waals surface area contributed by atoms with Crippen LogP contribution in [0.2, 0.25) is 0 Å². The van der Waals surface area contributed by atoms with Crippen molar-refractivity contribution in [3.8, 4) is 0 Å². The molecule has 0 unspecified atom stereocenters. The molecule has 0 aliphatic rings. The molecule has 0 saturated heterocycles. The molecule has 0 radical (unpaired) electrons. The Balaban J connectivity index is 1.78. The van der Waals surface area contributed by atoms with E-state index in [1.54, 1.807) is 12.3 Å². The lowest BCUT2D eigenvalue weighted by atomic mass is 10.1. The Kier molecular flexibility index (Phi) is 4.64. The molecule has 1 amide bonds. The van der Waals surface area contributed by atoms with E-state index in [4.69, 9.17) is 0 Å². The van der Waals surface area contributed by atoms with Crippen LogP contribution in [0, 0.1) is 0 Å². The first-order valence-electron chi connectivity index (χ1n) is 8.43. The molecule has 24 heavy (non-hydrogen) atoms. The van der Waals surface area contributed by atoms with E-state index in [-0.39, 0.29) is 18.0 Å². The van der Waals surface area contributed by atoms with Gasteiger partial charge in [-0.1, -0.05) is 26.0 Å². The van der Waals surface area contributed by atoms with Crippen molar-refractivity contribution in [1.82, 2.24) is 25.1 Å². The molecule has 2 N–H and O–H groups in total. The molecule has 6 nitrogen and oxygen atoms in total. The fraction of sp³-hybridized carbons (Fsp3) is 0.389. The lowest BCUT2D eigenvalue weighted by molar-refractivity contribution is 0.0924. The highest BCUT2D eigenvalue weighted by Gasteiger charge is 2.20. The molecule has 2 heterocycles. The van der Waals surface area contributed by atoms with Gasteiger partial charge in [0.15, 0.2) is 0 Å². The highest BCUT2D eigenvalue weighted by Crippen LogP contribution is 2.19. The maximum atomic E-state index is 12.6. The highest BCUT2D eigenvalue weighted by atomic mass is 16.2. The number of H-pyrrole nitrogens is 1. The van der Waals surface area contributed by atoms with Crippen LogP contribution < -0.4 is 5.32 Å². The molecule has 126 valence electrons. The highest BCUT2D eigenvalue weighted by molar-refractivity contribution is 5.92. The van der Waals surface area contributed by atoms with Crippen LogP contribution in [0.5, 0.6) is 0 Å². The van der Waals surface area contributed by atoms with Gasteiger partial charge < -0.3 is 10.3 Å². The van der Waals surface area contributed by atoms with Crippen LogP contribution in [0.25, 0.3) is 11.0 Å². The Morgan fingerprint density at radius 2 is 2.00 bits per heavy atom. The maximum Gasteiger partial charge on any atom is 0.270 e. The quantitative estimate of drug-likeness (QED) is 0.727. The van der Waals surface area contributed by atoms with Gasteiger partial charge in [0.05, 0.1) is 23.1 Å². The first-order valence-corrected chi connectivity index (χ1v) is 8.43. The van der Waals surface area contributed by atoms with Crippen LogP contribution in [0.15, 0.2) is 36.5 Å². The van der Waals surface area contributed by atoms with Crippen LogP contribution in [0.4, 0.5) is 0 Å². The molecular weight excluding hydrogens is 302 g/mol. The maximum absolute atomic E-state index is 12.6. The van der Waals surface area contributed by atoms with E-state index in [2.05, 4.69) is 34.2 Å². The molecule has 1 aromatic carbocycles. The smallest absolute Gasteiger partial charge is 0.270 e. The summed E-state index contributed by atoms with van der Waals surface area (Å²) in [5, 5.41) is 7.34. The molecular formula is C18H23N5O. The van der Waals surface area contributed by atoms with Crippen molar-refractivity contribution in [2.45, 2.75) is 45.7 Å². The Morgan fingerprint density at radius 3 is 2.71 bits per heavy atom. The van der Waals surface area contributed by atoms with Crippen molar-refractivity contribution in [3.63, 3.8) is 0 Å². The van der Waals surface area contributed by atoms with Crippen molar-refractivity contribution in [1.29, 1.82) is 0 Å². The second kappa shape index (κ2) is 6.86. The number of carbonyl (C=O) groups is 1. The minimum absolute atomic E-state index is 0.132. The van der Waals surface area contributed by atoms with Crippen molar-refractivity contribution in [2.24, 2.45) is 0 Å². The van der Waals surface area contributed by atoms with E-state index < -0.39 is 0 Å². The second-order valence-corrected chi connectivity index (χ2v) is 5.97. The number of imidazole rings is 1. The van der Waals surface area contributed by atoms with Gasteiger partial charge >= 0.3 is 0 Å². The fourth-order valence-electron chi connectivity index (χ4n) is 2.94. The average Bonchev–Trinajstić information content (AvgIpc) is 3.23. The van der Waals surface area contributed by atoms with Crippen LogP contribution >= 0.6 is 0 Å². The zero-order chi connectivity index (χ0) is 17.1. The van der Waals surface area contributed by atoms with Gasteiger partial charge in [0.1, 0.15) is 11.5 Å². The standard InChI is InChI=1S/C18H23N5O/c1-4-13(5-2)23-16(10-11-19-23)18(24)20-12(3)17-21-14-8-6-7-9-15(14)22-17/h6-13H,4-5H2,1-3H3,(H,20,24)(H,21,22)/t12-/m1/s1. The van der Waals surface area contributed by atoms with Crippen molar-refractivity contribution in [3.05, 3.63) is 48.0 Å². The van der Waals surface area contributed by atoms with E-state index in [1.165, 1.54) is 0 Å². The number of amides is 1. The number of rotatable bonds is 6. The van der Waals surface area contributed by atoms with Gasteiger partial charge in [-0.3, -0.25) is 9.48 Å². The predicted octanol–water partition coefficient (Wildman–Crippen LogP) is 3.61. The predicted molar refractivity (Wildman–Crippen MR) is 93.8 cm³/mol. The summed E-state index contributed by atoms with van der Waals surface area (Å²) in [4.78, 5) is 20.4. The molecule has 6 heteroatoms. The third kappa shape index (κ3) is 3.04. The summed E-state index contributed by atoms with van der Waals surface area (Å²) in [6, 6.07) is 9.62. The topological polar surface area (TPSA) is 75.6 Å². The fourth-order valence-corrected chi connectivity index (χ4v) is 2.94. The lowest BCUT2D eigenvalue weighted by Gasteiger charge is -2.17. The van der Waals surface area contributed by atoms with Crippen molar-refractivity contribution >= 4 is 16.9 Å². The van der Waals surface area contributed by atoms with Crippen LogP contribution in [0.1, 0.15) is 62.0 Å². The van der Waals surface area contributed by atoms with Gasteiger partial charge in [-0.2, -0.15) is 5.10 Å². The molecule has 0 fully saturated rings. The number of nitrogens with zero attached hydrogens (tertiary/aromatic N) is 3. The summed E-state index contributed by atoms with van der Waals surface area (Å²) in [7, 11) is 0. The van der Waals surface area contributed by atoms with E-state index in [0.717, 1.165) is 29.7 Å². The zero-order valence-corrected chi connectivity index (χ0v) is 14.3. The monoisotopic (exact) mass is 325 g/mol. The summed E-state index contributed by atoms with van der Waals surface area (Å²) < 4.78 is 1.82. The summed E-state index contributed by atoms with van der Waals surface area (Å²) >= 11 is 0. The largest absolute Gasteiger partial charge is 0.341 e. The summed E-state index contributed by atoms with van der Waals surface area (Å²) in [5.41, 5.74) is 2.46. The van der Waals surface area contributed by atoms with Crippen LogP contribution in [0.3, 0.4) is 0 Å². The zero-order valence-electron chi connectivity index (χ0n) is 14.3. The Labute approximate surface area is 141 Å². The molecule has 0 spiro atoms. The molecule has 1 atom stereocenters. The SMILES string of the molecule is CCC(CC)n1nccc1C(=O)N[C@H](C)c1nc2ccccc2[nH]1. The van der Waals surface area contributed by atoms with Gasteiger partial charge in [-0.15, -0.1) is 0 Å². The second-order valence-electron chi connectivity index (χ2n) is 5.97. The molecule has 3 aromatic rings. The number of aromatic amines is 1. The van der Waals surface area contributed by atoms with E-state index in [1.807, 2.05) is 35.9 Å². The number of fused-ring (bicyclic) bond motifs is 1. The average molecular weight is 325 g/mol. The summed E-state index contributed by atoms with van der Waals surface area (Å²) in [5.74, 6) is 0.616. The number of nitrogens with one attached hydrogen (secondary N) is 2. The number of hydrogen-bond donors (Lipinski definition) is 2. The van der Waals surface area contributed by atoms with E-state index in [9.17, 15) is 4.79 Å². The molecule has 0 bridgehead atoms. The van der Waals surface area contributed by atoms with Crippen LogP contribution in [-0.2, 0) is 0 Å². The van der Waals surface area contributed by atoms with Gasteiger partial charge in [0.25, 0.3) is 5.91 Å². The third-order valence-electron chi connectivity index (χ3n) is 4.36. The third-order valence-corrected chi connectivity index (χ3v) is 4.36. The summed E-state index contributed by atoms with van der Waals surface area (Å²) in [6.45, 7) is 6.14. The Bertz CT molecular complexity index is 798. The first-order chi connectivity index (χ1) is 11.6. The van der Waals surface area contributed by atoms with E-state index in [0.29, 0.717) is 5.69 Å². The lowest BCUT2D eigenvalue weighted by Crippen LogP contribution is -2.30. The van der Waals surface area contributed by atoms with Gasteiger partial charge in [-0.25, -0.2) is 4.98 Å². The number of benzene rings is 1. The van der Waals surface area contributed by atoms with Gasteiger partial charge in [-0.05, 0) is 38.0 Å². The Morgan fingerprint density at radius 1 is 1.25 bits per heavy atom. The molecule has 0 aliphatic heterocycles. The molecule has 0 aliphatic carbocycles. The Hall–Kier alpha value is -2.63. The number of aromatic nitrogens is 4. The van der Waals surface area contributed by atoms with Crippen LogP contribution in [-0.4, -0.2) is 25.7 Å². The first kappa shape index (κ1) is 16.2. The van der Waals surface area contributed by atoms with Gasteiger partial charge in [0, 0.05) is 6.20 Å². The van der Waals surface area contributed by atoms with E-state index >= 15 is 0 Å². The minimum Gasteiger partial charge on any atom is -0.341 e. The minimum atomic E-state index is -0.213. The van der Waals surface area contributed by atoms with Crippen molar-refractivity contribution in [2.75, 3.05) is 0 Å². The normalized spacial score (nSPS) is 12.7. The van der Waals surface area contributed by atoms with Gasteiger partial charge in [0.2, 0.25) is 0 Å². The number of hydrogen-bond acceptors (Lipinski definition) is 3. The molecule has 0 saturated carbocycles. The molecule has 2 aromatic heterocycles. The number of para-hydroxylation sites is 2. The molecule has 3 rings (SSSR count). The summed E-state index contributed by atoms with van der Waals surface area (Å²) in [6.07, 6.45) is 3.56. The van der Waals surface area contributed by atoms with Crippen molar-refractivity contribution < 1.29 is 4.79 Å².